The van der Waals surface area contributed by atoms with Gasteiger partial charge < -0.3 is 9.57 Å². The highest BCUT2D eigenvalue weighted by Gasteiger charge is 2.36. The van der Waals surface area contributed by atoms with Gasteiger partial charge in [0.25, 0.3) is 0 Å². The molecule has 5 heteroatoms. The van der Waals surface area contributed by atoms with Crippen LogP contribution < -0.4 is 0 Å². The highest BCUT2D eigenvalue weighted by molar-refractivity contribution is 6.30. The molecule has 4 nitrogen and oxygen atoms in total. The van der Waals surface area contributed by atoms with Gasteiger partial charge in [-0.1, -0.05) is 62.3 Å². The molecule has 26 heavy (non-hydrogen) atoms. The van der Waals surface area contributed by atoms with Crippen LogP contribution in [0.25, 0.3) is 0 Å². The number of ketones is 1. The number of carbonyl (C=O) groups is 1. The number of Topliss-reactive ketones (excluding diaryl/α,β-unsaturated/α-hetero) is 1. The van der Waals surface area contributed by atoms with Gasteiger partial charge in [0.1, 0.15) is 19.0 Å². The van der Waals surface area contributed by atoms with Gasteiger partial charge in [-0.2, -0.15) is 0 Å². The number of rotatable bonds is 8. The molecule has 0 saturated carbocycles. The van der Waals surface area contributed by atoms with Crippen LogP contribution in [0.4, 0.5) is 0 Å². The topological polar surface area (TPSA) is 47.9 Å². The van der Waals surface area contributed by atoms with Crippen LogP contribution in [0.2, 0.25) is 5.02 Å². The second-order valence-electron chi connectivity index (χ2n) is 7.13. The van der Waals surface area contributed by atoms with Crippen molar-refractivity contribution >= 4 is 23.1 Å². The minimum absolute atomic E-state index is 0.0464. The Labute approximate surface area is 160 Å². The molecule has 0 aromatic heterocycles. The molecule has 0 aliphatic heterocycles. The van der Waals surface area contributed by atoms with Gasteiger partial charge in [-0.3, -0.25) is 4.79 Å². The molecule has 0 fully saturated rings. The van der Waals surface area contributed by atoms with Crippen molar-refractivity contribution in [2.24, 2.45) is 10.6 Å². The van der Waals surface area contributed by atoms with Crippen molar-refractivity contribution in [1.29, 1.82) is 0 Å². The van der Waals surface area contributed by atoms with Crippen LogP contribution in [0.3, 0.4) is 0 Å². The van der Waals surface area contributed by atoms with Gasteiger partial charge in [-0.15, -0.1) is 0 Å². The molecule has 1 aliphatic carbocycles. The summed E-state index contributed by atoms with van der Waals surface area (Å²) in [6.45, 7) is 10.4. The number of oxime groups is 1. The van der Waals surface area contributed by atoms with Crippen LogP contribution in [0, 0.1) is 5.41 Å². The quantitative estimate of drug-likeness (QED) is 0.262. The Morgan fingerprint density at radius 3 is 2.81 bits per heavy atom. The molecular formula is C21H26ClNO3. The summed E-state index contributed by atoms with van der Waals surface area (Å²) in [7, 11) is 0. The van der Waals surface area contributed by atoms with Crippen LogP contribution in [0.15, 0.2) is 53.4 Å². The molecule has 140 valence electrons. The third kappa shape index (κ3) is 5.46. The summed E-state index contributed by atoms with van der Waals surface area (Å²) in [5, 5.41) is 4.80. The molecule has 2 rings (SSSR count). The van der Waals surface area contributed by atoms with E-state index < -0.39 is 0 Å². The summed E-state index contributed by atoms with van der Waals surface area (Å²) in [5.41, 5.74) is 1.98. The van der Waals surface area contributed by atoms with Gasteiger partial charge in [-0.25, -0.2) is 0 Å². The number of hydrogen-bond acceptors (Lipinski definition) is 4. The molecule has 0 spiro atoms. The molecular weight excluding hydrogens is 350 g/mol. The van der Waals surface area contributed by atoms with E-state index in [4.69, 9.17) is 21.2 Å². The SMILES string of the molecule is C=CCO/N=C(/CC)C1=C(OCc2cccc(Cl)c2)CC(C)(C)CC1=O. The molecule has 0 radical (unpaired) electrons. The number of benzene rings is 1. The first kappa shape index (κ1) is 20.2. The summed E-state index contributed by atoms with van der Waals surface area (Å²) >= 11 is 6.04. The van der Waals surface area contributed by atoms with E-state index in [1.165, 1.54) is 0 Å². The van der Waals surface area contributed by atoms with Crippen molar-refractivity contribution in [2.75, 3.05) is 6.61 Å². The second-order valence-corrected chi connectivity index (χ2v) is 7.57. The van der Waals surface area contributed by atoms with Crippen LogP contribution >= 0.6 is 11.6 Å². The maximum atomic E-state index is 12.8. The zero-order chi connectivity index (χ0) is 19.2. The Kier molecular flexibility index (Phi) is 7.04. The average molecular weight is 376 g/mol. The Bertz CT molecular complexity index is 735. The van der Waals surface area contributed by atoms with Gasteiger partial charge >= 0.3 is 0 Å². The Morgan fingerprint density at radius 1 is 1.38 bits per heavy atom. The number of nitrogens with zero attached hydrogens (tertiary/aromatic N) is 1. The highest BCUT2D eigenvalue weighted by Crippen LogP contribution is 2.38. The predicted octanol–water partition coefficient (Wildman–Crippen LogP) is 5.47. The number of halogens is 1. The highest BCUT2D eigenvalue weighted by atomic mass is 35.5. The molecule has 0 unspecified atom stereocenters. The monoisotopic (exact) mass is 375 g/mol. The van der Waals surface area contributed by atoms with Crippen molar-refractivity contribution in [3.63, 3.8) is 0 Å². The molecule has 0 amide bonds. The number of ether oxygens (including phenoxy) is 1. The third-order valence-corrected chi connectivity index (χ3v) is 4.36. The number of hydrogen-bond donors (Lipinski definition) is 0. The first-order valence-electron chi connectivity index (χ1n) is 8.80. The lowest BCUT2D eigenvalue weighted by Crippen LogP contribution is -2.30. The van der Waals surface area contributed by atoms with Crippen molar-refractivity contribution < 1.29 is 14.4 Å². The Hall–Kier alpha value is -2.07. The van der Waals surface area contributed by atoms with E-state index in [0.717, 1.165) is 5.56 Å². The van der Waals surface area contributed by atoms with Gasteiger partial charge in [0.15, 0.2) is 5.78 Å². The van der Waals surface area contributed by atoms with Crippen molar-refractivity contribution in [2.45, 2.75) is 46.6 Å². The molecule has 0 bridgehead atoms. The summed E-state index contributed by atoms with van der Waals surface area (Å²) in [5.74, 6) is 0.721. The van der Waals surface area contributed by atoms with E-state index >= 15 is 0 Å². The van der Waals surface area contributed by atoms with Gasteiger partial charge in [0.05, 0.1) is 11.3 Å². The zero-order valence-electron chi connectivity index (χ0n) is 15.7. The maximum Gasteiger partial charge on any atom is 0.168 e. The van der Waals surface area contributed by atoms with E-state index in [2.05, 4.69) is 25.6 Å². The van der Waals surface area contributed by atoms with Crippen molar-refractivity contribution in [1.82, 2.24) is 0 Å². The maximum absolute atomic E-state index is 12.8. The molecule has 1 aliphatic rings. The van der Waals surface area contributed by atoms with E-state index in [1.807, 2.05) is 31.2 Å². The summed E-state index contributed by atoms with van der Waals surface area (Å²) in [4.78, 5) is 18.0. The van der Waals surface area contributed by atoms with E-state index in [-0.39, 0.29) is 11.2 Å². The normalized spacial score (nSPS) is 17.2. The molecule has 0 saturated heterocycles. The fourth-order valence-corrected chi connectivity index (χ4v) is 3.17. The molecule has 0 atom stereocenters. The Morgan fingerprint density at radius 2 is 2.15 bits per heavy atom. The lowest BCUT2D eigenvalue weighted by Gasteiger charge is -2.32. The molecule has 0 heterocycles. The standard InChI is InChI=1S/C21H26ClNO3/c1-5-10-26-23-17(6-2)20-18(24)12-21(3,4)13-19(20)25-14-15-8-7-9-16(22)11-15/h5,7-9,11H,1,6,10,12-14H2,2-4H3/b23-17-. The van der Waals surface area contributed by atoms with Crippen LogP contribution in [-0.4, -0.2) is 18.1 Å². The zero-order valence-corrected chi connectivity index (χ0v) is 16.4. The first-order valence-corrected chi connectivity index (χ1v) is 9.18. The van der Waals surface area contributed by atoms with E-state index in [9.17, 15) is 4.79 Å². The van der Waals surface area contributed by atoms with Crippen LogP contribution in [0.5, 0.6) is 0 Å². The molecule has 0 N–H and O–H groups in total. The summed E-state index contributed by atoms with van der Waals surface area (Å²) in [6.07, 6.45) is 3.35. The lowest BCUT2D eigenvalue weighted by molar-refractivity contribution is -0.118. The number of carbonyl (C=O) groups excluding carboxylic acids is 1. The van der Waals surface area contributed by atoms with Gasteiger partial charge in [-0.05, 0) is 29.5 Å². The minimum atomic E-state index is -0.148. The van der Waals surface area contributed by atoms with E-state index in [0.29, 0.717) is 54.5 Å². The average Bonchev–Trinajstić information content (AvgIpc) is 2.57. The lowest BCUT2D eigenvalue weighted by atomic mass is 9.75. The second kappa shape index (κ2) is 9.04. The molecule has 1 aromatic rings. The van der Waals surface area contributed by atoms with Crippen LogP contribution in [-0.2, 0) is 21.0 Å². The fraction of sp³-hybridized carbons (Fsp3) is 0.429. The van der Waals surface area contributed by atoms with Gasteiger partial charge in [0, 0.05) is 17.9 Å². The molecule has 1 aromatic carbocycles. The largest absolute Gasteiger partial charge is 0.492 e. The predicted molar refractivity (Wildman–Crippen MR) is 105 cm³/mol. The summed E-state index contributed by atoms with van der Waals surface area (Å²) in [6, 6.07) is 7.51. The number of allylic oxidation sites excluding steroid dienone is 2. The Balaban J connectivity index is 2.32. The van der Waals surface area contributed by atoms with Gasteiger partial charge in [0.2, 0.25) is 0 Å². The minimum Gasteiger partial charge on any atom is -0.492 e. The van der Waals surface area contributed by atoms with Crippen LogP contribution in [0.1, 0.15) is 45.6 Å². The first-order chi connectivity index (χ1) is 12.4. The smallest absolute Gasteiger partial charge is 0.168 e. The van der Waals surface area contributed by atoms with Crippen molar-refractivity contribution in [3.05, 3.63) is 58.8 Å². The third-order valence-electron chi connectivity index (χ3n) is 4.13. The van der Waals surface area contributed by atoms with Crippen molar-refractivity contribution in [3.8, 4) is 0 Å². The van der Waals surface area contributed by atoms with E-state index in [1.54, 1.807) is 6.08 Å². The summed E-state index contributed by atoms with van der Waals surface area (Å²) < 4.78 is 6.08. The fourth-order valence-electron chi connectivity index (χ4n) is 2.96.